The Kier molecular flexibility index (Phi) is 3.24. The highest BCUT2D eigenvalue weighted by molar-refractivity contribution is 6.31. The fourth-order valence-corrected chi connectivity index (χ4v) is 1.47. The summed E-state index contributed by atoms with van der Waals surface area (Å²) in [5, 5.41) is 9.43. The highest BCUT2D eigenvalue weighted by Crippen LogP contribution is 2.17. The van der Waals surface area contributed by atoms with Crippen molar-refractivity contribution in [1.82, 2.24) is 20.5 Å². The summed E-state index contributed by atoms with van der Waals surface area (Å²) in [5.41, 5.74) is 6.41. The van der Waals surface area contributed by atoms with Gasteiger partial charge >= 0.3 is 0 Å². The highest BCUT2D eigenvalue weighted by atomic mass is 35.5. The van der Waals surface area contributed by atoms with Crippen LogP contribution in [0.15, 0.2) is 24.5 Å². The maximum atomic E-state index is 11.8. The zero-order valence-corrected chi connectivity index (χ0v) is 9.53. The molecule has 2 aromatic rings. The minimum atomic E-state index is -0.304. The Hall–Kier alpha value is -2.08. The number of anilines is 1. The Morgan fingerprint density at radius 2 is 2.35 bits per heavy atom. The van der Waals surface area contributed by atoms with Gasteiger partial charge in [0.05, 0.1) is 12.1 Å². The fourth-order valence-electron chi connectivity index (χ4n) is 1.30. The van der Waals surface area contributed by atoms with E-state index in [-0.39, 0.29) is 12.5 Å². The second-order valence-electron chi connectivity index (χ2n) is 3.35. The molecule has 0 saturated heterocycles. The van der Waals surface area contributed by atoms with Gasteiger partial charge in [-0.3, -0.25) is 9.89 Å². The van der Waals surface area contributed by atoms with Gasteiger partial charge in [0, 0.05) is 10.7 Å². The molecule has 0 spiro atoms. The number of aromatic nitrogens is 3. The van der Waals surface area contributed by atoms with Gasteiger partial charge in [-0.15, -0.1) is 0 Å². The number of halogens is 1. The highest BCUT2D eigenvalue weighted by Gasteiger charge is 2.10. The van der Waals surface area contributed by atoms with Gasteiger partial charge in [-0.1, -0.05) is 11.6 Å². The summed E-state index contributed by atoms with van der Waals surface area (Å²) in [6, 6.07) is 4.74. The number of nitrogen functional groups attached to an aromatic ring is 1. The smallest absolute Gasteiger partial charge is 0.253 e. The van der Waals surface area contributed by atoms with Gasteiger partial charge in [0.2, 0.25) is 0 Å². The minimum Gasteiger partial charge on any atom is -0.398 e. The molecule has 4 N–H and O–H groups in total. The topological polar surface area (TPSA) is 96.7 Å². The van der Waals surface area contributed by atoms with Crippen LogP contribution in [-0.2, 0) is 6.54 Å². The molecule has 6 nitrogen and oxygen atoms in total. The number of nitrogens with zero attached hydrogens (tertiary/aromatic N) is 2. The van der Waals surface area contributed by atoms with Gasteiger partial charge < -0.3 is 11.1 Å². The number of carbonyl (C=O) groups is 1. The summed E-state index contributed by atoms with van der Waals surface area (Å²) in [6.45, 7) is 0.255. The van der Waals surface area contributed by atoms with E-state index < -0.39 is 0 Å². The molecule has 2 rings (SSSR count). The van der Waals surface area contributed by atoms with Crippen LogP contribution in [0.2, 0.25) is 5.02 Å². The number of aromatic amines is 1. The maximum Gasteiger partial charge on any atom is 0.253 e. The molecule has 0 fully saturated rings. The largest absolute Gasteiger partial charge is 0.398 e. The molecule has 0 radical (unpaired) electrons. The zero-order valence-electron chi connectivity index (χ0n) is 8.77. The molecule has 7 heteroatoms. The standard InChI is InChI=1S/C10H10ClN5O/c11-6-1-2-8(12)7(3-6)10(17)13-4-9-14-5-15-16-9/h1-3,5H,4,12H2,(H,13,17)(H,14,15,16). The molecule has 17 heavy (non-hydrogen) atoms. The second kappa shape index (κ2) is 4.84. The van der Waals surface area contributed by atoms with Crippen molar-refractivity contribution in [2.24, 2.45) is 0 Å². The van der Waals surface area contributed by atoms with E-state index in [1.165, 1.54) is 12.4 Å². The lowest BCUT2D eigenvalue weighted by Gasteiger charge is -2.06. The van der Waals surface area contributed by atoms with Crippen LogP contribution in [0.3, 0.4) is 0 Å². The summed E-state index contributed by atoms with van der Waals surface area (Å²) >= 11 is 5.80. The molecule has 1 heterocycles. The van der Waals surface area contributed by atoms with Gasteiger partial charge in [-0.05, 0) is 18.2 Å². The van der Waals surface area contributed by atoms with Crippen molar-refractivity contribution in [3.8, 4) is 0 Å². The van der Waals surface area contributed by atoms with Gasteiger partial charge in [0.1, 0.15) is 12.2 Å². The number of nitrogens with one attached hydrogen (secondary N) is 2. The third-order valence-electron chi connectivity index (χ3n) is 2.14. The van der Waals surface area contributed by atoms with E-state index >= 15 is 0 Å². The molecular weight excluding hydrogens is 242 g/mol. The SMILES string of the molecule is Nc1ccc(Cl)cc1C(=O)NCc1ncn[nH]1. The lowest BCUT2D eigenvalue weighted by molar-refractivity contribution is 0.0951. The average molecular weight is 252 g/mol. The summed E-state index contributed by atoms with van der Waals surface area (Å²) in [6.07, 6.45) is 1.37. The average Bonchev–Trinajstić information content (AvgIpc) is 2.82. The monoisotopic (exact) mass is 251 g/mol. The van der Waals surface area contributed by atoms with Crippen LogP contribution in [0.4, 0.5) is 5.69 Å². The minimum absolute atomic E-state index is 0.255. The fraction of sp³-hybridized carbons (Fsp3) is 0.100. The first-order valence-corrected chi connectivity index (χ1v) is 5.22. The molecule has 0 saturated carbocycles. The summed E-state index contributed by atoms with van der Waals surface area (Å²) in [5.74, 6) is 0.264. The van der Waals surface area contributed by atoms with E-state index in [4.69, 9.17) is 17.3 Å². The van der Waals surface area contributed by atoms with E-state index in [9.17, 15) is 4.79 Å². The first-order valence-electron chi connectivity index (χ1n) is 4.84. The van der Waals surface area contributed by atoms with Crippen LogP contribution in [0, 0.1) is 0 Å². The third kappa shape index (κ3) is 2.73. The number of hydrogen-bond donors (Lipinski definition) is 3. The molecule has 0 atom stereocenters. The molecule has 88 valence electrons. The van der Waals surface area contributed by atoms with Crippen molar-refractivity contribution in [1.29, 1.82) is 0 Å². The van der Waals surface area contributed by atoms with Crippen molar-refractivity contribution in [3.05, 3.63) is 40.9 Å². The van der Waals surface area contributed by atoms with Crippen molar-refractivity contribution in [3.63, 3.8) is 0 Å². The summed E-state index contributed by atoms with van der Waals surface area (Å²) in [4.78, 5) is 15.7. The van der Waals surface area contributed by atoms with E-state index in [1.54, 1.807) is 12.1 Å². The van der Waals surface area contributed by atoms with Crippen molar-refractivity contribution in [2.45, 2.75) is 6.54 Å². The Labute approximate surface area is 102 Å². The van der Waals surface area contributed by atoms with Crippen LogP contribution in [0.1, 0.15) is 16.2 Å². The predicted octanol–water partition coefficient (Wildman–Crippen LogP) is 0.970. The number of rotatable bonds is 3. The zero-order chi connectivity index (χ0) is 12.3. The van der Waals surface area contributed by atoms with Gasteiger partial charge in [0.15, 0.2) is 0 Å². The van der Waals surface area contributed by atoms with E-state index in [2.05, 4.69) is 20.5 Å². The molecule has 1 aromatic carbocycles. The van der Waals surface area contributed by atoms with Gasteiger partial charge in [-0.25, -0.2) is 4.98 Å². The Morgan fingerprint density at radius 1 is 1.53 bits per heavy atom. The third-order valence-corrected chi connectivity index (χ3v) is 2.38. The Balaban J connectivity index is 2.07. The first kappa shape index (κ1) is 11.4. The first-order chi connectivity index (χ1) is 8.16. The van der Waals surface area contributed by atoms with Gasteiger partial charge in [-0.2, -0.15) is 5.10 Å². The number of nitrogens with two attached hydrogens (primary N) is 1. The van der Waals surface area contributed by atoms with Crippen molar-refractivity contribution >= 4 is 23.2 Å². The Morgan fingerprint density at radius 3 is 3.06 bits per heavy atom. The number of amides is 1. The van der Waals surface area contributed by atoms with Crippen LogP contribution in [-0.4, -0.2) is 21.1 Å². The maximum absolute atomic E-state index is 11.8. The molecule has 0 bridgehead atoms. The van der Waals surface area contributed by atoms with Crippen molar-refractivity contribution < 1.29 is 4.79 Å². The quantitative estimate of drug-likeness (QED) is 0.708. The lowest BCUT2D eigenvalue weighted by atomic mass is 10.1. The van der Waals surface area contributed by atoms with Gasteiger partial charge in [0.25, 0.3) is 5.91 Å². The number of benzene rings is 1. The van der Waals surface area contributed by atoms with Crippen LogP contribution in [0.5, 0.6) is 0 Å². The summed E-state index contributed by atoms with van der Waals surface area (Å²) in [7, 11) is 0. The predicted molar refractivity (Wildman–Crippen MR) is 63.4 cm³/mol. The molecule has 1 amide bonds. The normalized spacial score (nSPS) is 10.2. The molecular formula is C10H10ClN5O. The molecule has 0 aliphatic rings. The van der Waals surface area contributed by atoms with Crippen LogP contribution in [0.25, 0.3) is 0 Å². The Bertz CT molecular complexity index is 525. The van der Waals surface area contributed by atoms with E-state index in [0.717, 1.165) is 0 Å². The molecule has 0 aliphatic heterocycles. The van der Waals surface area contributed by atoms with Crippen LogP contribution >= 0.6 is 11.6 Å². The van der Waals surface area contributed by atoms with Crippen LogP contribution < -0.4 is 11.1 Å². The number of H-pyrrole nitrogens is 1. The van der Waals surface area contributed by atoms with E-state index in [1.807, 2.05) is 0 Å². The number of carbonyl (C=O) groups excluding carboxylic acids is 1. The molecule has 1 aromatic heterocycles. The lowest BCUT2D eigenvalue weighted by Crippen LogP contribution is -2.24. The number of hydrogen-bond acceptors (Lipinski definition) is 4. The molecule has 0 aliphatic carbocycles. The molecule has 0 unspecified atom stereocenters. The van der Waals surface area contributed by atoms with Crippen molar-refractivity contribution in [2.75, 3.05) is 5.73 Å². The summed E-state index contributed by atoms with van der Waals surface area (Å²) < 4.78 is 0. The second-order valence-corrected chi connectivity index (χ2v) is 3.78. The van der Waals surface area contributed by atoms with E-state index in [0.29, 0.717) is 22.1 Å².